The zero-order chi connectivity index (χ0) is 22.2. The molecule has 0 aromatic heterocycles. The van der Waals surface area contributed by atoms with E-state index in [9.17, 15) is 15.0 Å². The first kappa shape index (κ1) is 23.9. The lowest BCUT2D eigenvalue weighted by Crippen LogP contribution is -2.70. The molecule has 4 nitrogen and oxygen atoms in total. The molecule has 0 heterocycles. The van der Waals surface area contributed by atoms with Crippen molar-refractivity contribution < 1.29 is 19.7 Å². The molecule has 164 valence electrons. The smallest absolute Gasteiger partial charge is 0.333 e. The fraction of sp³-hybridized carbons (Fsp3) is 0.720. The van der Waals surface area contributed by atoms with E-state index in [0.717, 1.165) is 24.8 Å². The quantitative estimate of drug-likeness (QED) is 0.386. The van der Waals surface area contributed by atoms with Crippen molar-refractivity contribution in [3.8, 4) is 0 Å². The molecule has 0 aromatic rings. The summed E-state index contributed by atoms with van der Waals surface area (Å²) >= 11 is 0. The maximum absolute atomic E-state index is 12.6. The Morgan fingerprint density at radius 1 is 1.21 bits per heavy atom. The number of hydrogen-bond donors (Lipinski definition) is 2. The number of hydrogen-bond acceptors (Lipinski definition) is 4. The maximum Gasteiger partial charge on any atom is 0.333 e. The lowest BCUT2D eigenvalue weighted by molar-refractivity contribution is -0.269. The third-order valence-electron chi connectivity index (χ3n) is 7.82. The number of carbonyl (C=O) groups excluding carboxylic acids is 1. The summed E-state index contributed by atoms with van der Waals surface area (Å²) in [7, 11) is 0. The number of allylic oxidation sites excluding steroid dienone is 4. The fourth-order valence-corrected chi connectivity index (χ4v) is 6.09. The van der Waals surface area contributed by atoms with Gasteiger partial charge in [-0.25, -0.2) is 4.79 Å². The van der Waals surface area contributed by atoms with Gasteiger partial charge >= 0.3 is 5.97 Å². The van der Waals surface area contributed by atoms with Crippen LogP contribution in [0, 0.1) is 22.7 Å². The SMILES string of the molecule is C=C/C(C)=C/C[C@H]1[C@](C)(O)[C@@H](O)[C@H](OC(=O)/C(C)=C\C)[C@H]2C(C)(C)CCC[C@@]21C. The monoisotopic (exact) mass is 404 g/mol. The summed E-state index contributed by atoms with van der Waals surface area (Å²) in [5.41, 5.74) is -0.182. The minimum absolute atomic E-state index is 0.0463. The summed E-state index contributed by atoms with van der Waals surface area (Å²) in [6.45, 7) is 17.6. The number of carbonyl (C=O) groups is 1. The van der Waals surface area contributed by atoms with Gasteiger partial charge in [0.25, 0.3) is 0 Å². The van der Waals surface area contributed by atoms with Gasteiger partial charge in [-0.2, -0.15) is 0 Å². The summed E-state index contributed by atoms with van der Waals surface area (Å²) in [5.74, 6) is -0.616. The number of esters is 1. The molecule has 0 saturated heterocycles. The Bertz CT molecular complexity index is 700. The molecule has 4 heteroatoms. The Balaban J connectivity index is 2.57. The molecular formula is C25H40O4. The van der Waals surface area contributed by atoms with Crippen LogP contribution < -0.4 is 0 Å². The van der Waals surface area contributed by atoms with Crippen molar-refractivity contribution in [2.45, 2.75) is 92.0 Å². The summed E-state index contributed by atoms with van der Waals surface area (Å²) in [6, 6.07) is 0. The van der Waals surface area contributed by atoms with Gasteiger partial charge in [-0.15, -0.1) is 0 Å². The van der Waals surface area contributed by atoms with Crippen LogP contribution in [0.2, 0.25) is 0 Å². The van der Waals surface area contributed by atoms with Gasteiger partial charge in [-0.05, 0) is 63.7 Å². The molecule has 2 aliphatic rings. The molecule has 0 aliphatic heterocycles. The third kappa shape index (κ3) is 4.25. The molecule has 2 N–H and O–H groups in total. The Hall–Kier alpha value is -1.39. The van der Waals surface area contributed by atoms with Gasteiger partial charge in [-0.1, -0.05) is 57.6 Å². The van der Waals surface area contributed by atoms with E-state index in [1.807, 2.05) is 13.0 Å². The van der Waals surface area contributed by atoms with E-state index in [1.54, 1.807) is 26.8 Å². The molecule has 0 aromatic carbocycles. The number of ether oxygens (including phenoxy) is 1. The van der Waals surface area contributed by atoms with Crippen LogP contribution in [0.1, 0.15) is 74.1 Å². The summed E-state index contributed by atoms with van der Waals surface area (Å²) < 4.78 is 5.91. The highest BCUT2D eigenvalue weighted by Gasteiger charge is 2.66. The maximum atomic E-state index is 12.6. The first-order valence-electron chi connectivity index (χ1n) is 10.9. The Labute approximate surface area is 176 Å². The van der Waals surface area contributed by atoms with Crippen LogP contribution in [0.5, 0.6) is 0 Å². The number of aliphatic hydroxyl groups is 2. The first-order chi connectivity index (χ1) is 13.3. The number of fused-ring (bicyclic) bond motifs is 1. The van der Waals surface area contributed by atoms with Crippen LogP contribution in [-0.4, -0.2) is 34.0 Å². The van der Waals surface area contributed by atoms with Crippen LogP contribution in [0.4, 0.5) is 0 Å². The summed E-state index contributed by atoms with van der Waals surface area (Å²) in [4.78, 5) is 12.6. The van der Waals surface area contributed by atoms with Crippen LogP contribution in [0.3, 0.4) is 0 Å². The largest absolute Gasteiger partial charge is 0.456 e. The van der Waals surface area contributed by atoms with E-state index < -0.39 is 23.8 Å². The average molecular weight is 405 g/mol. The minimum Gasteiger partial charge on any atom is -0.456 e. The van der Waals surface area contributed by atoms with Crippen molar-refractivity contribution in [3.05, 3.63) is 36.0 Å². The standard InChI is InChI=1S/C25H40O4/c1-9-16(3)12-13-18-24(7)15-11-14-23(5,6)20(24)19(21(26)25(18,8)28)29-22(27)17(4)10-2/h9-10,12,18-21,26,28H,1,11,13-15H2,2-8H3/b16-12+,17-10-/t18-,19-,20+,21+,24-,25+/m1/s1. The van der Waals surface area contributed by atoms with E-state index >= 15 is 0 Å². The molecule has 2 aliphatic carbocycles. The van der Waals surface area contributed by atoms with Crippen molar-refractivity contribution in [2.24, 2.45) is 22.7 Å². The Morgan fingerprint density at radius 3 is 2.38 bits per heavy atom. The summed E-state index contributed by atoms with van der Waals surface area (Å²) in [5, 5.41) is 22.8. The Morgan fingerprint density at radius 2 is 1.83 bits per heavy atom. The van der Waals surface area contributed by atoms with E-state index in [0.29, 0.717) is 12.0 Å². The van der Waals surface area contributed by atoms with Gasteiger partial charge in [-0.3, -0.25) is 0 Å². The van der Waals surface area contributed by atoms with Crippen molar-refractivity contribution in [1.82, 2.24) is 0 Å². The van der Waals surface area contributed by atoms with Crippen molar-refractivity contribution in [1.29, 1.82) is 0 Å². The molecular weight excluding hydrogens is 364 g/mol. The second-order valence-corrected chi connectivity index (χ2v) is 10.3. The van der Waals surface area contributed by atoms with Crippen molar-refractivity contribution in [3.63, 3.8) is 0 Å². The lowest BCUT2D eigenvalue weighted by atomic mass is 9.43. The highest BCUT2D eigenvalue weighted by atomic mass is 16.6. The number of aliphatic hydroxyl groups excluding tert-OH is 1. The zero-order valence-corrected chi connectivity index (χ0v) is 19.3. The number of rotatable bonds is 5. The highest BCUT2D eigenvalue weighted by Crippen LogP contribution is 2.63. The van der Waals surface area contributed by atoms with Gasteiger partial charge in [0.05, 0.1) is 5.60 Å². The first-order valence-corrected chi connectivity index (χ1v) is 10.9. The van der Waals surface area contributed by atoms with Crippen LogP contribution >= 0.6 is 0 Å². The van der Waals surface area contributed by atoms with Gasteiger partial charge < -0.3 is 14.9 Å². The molecule has 29 heavy (non-hydrogen) atoms. The molecule has 0 amide bonds. The molecule has 2 rings (SSSR count). The van der Waals surface area contributed by atoms with E-state index in [-0.39, 0.29) is 22.7 Å². The molecule has 2 fully saturated rings. The summed E-state index contributed by atoms with van der Waals surface area (Å²) in [6.07, 6.45) is 7.39. The van der Waals surface area contributed by atoms with Crippen LogP contribution in [0.25, 0.3) is 0 Å². The van der Waals surface area contributed by atoms with Gasteiger partial charge in [0.1, 0.15) is 12.2 Å². The highest BCUT2D eigenvalue weighted by molar-refractivity contribution is 5.87. The van der Waals surface area contributed by atoms with Crippen molar-refractivity contribution in [2.75, 3.05) is 0 Å². The molecule has 2 saturated carbocycles. The lowest BCUT2D eigenvalue weighted by Gasteiger charge is -2.64. The molecule has 0 spiro atoms. The van der Waals surface area contributed by atoms with Gasteiger partial charge in [0, 0.05) is 11.5 Å². The van der Waals surface area contributed by atoms with Crippen LogP contribution in [-0.2, 0) is 9.53 Å². The molecule has 0 unspecified atom stereocenters. The van der Waals surface area contributed by atoms with Crippen LogP contribution in [0.15, 0.2) is 36.0 Å². The minimum atomic E-state index is -1.37. The third-order valence-corrected chi connectivity index (χ3v) is 7.82. The second-order valence-electron chi connectivity index (χ2n) is 10.3. The second kappa shape index (κ2) is 8.39. The van der Waals surface area contributed by atoms with E-state index in [2.05, 4.69) is 33.4 Å². The predicted octanol–water partition coefficient (Wildman–Crippen LogP) is 4.96. The predicted molar refractivity (Wildman–Crippen MR) is 117 cm³/mol. The average Bonchev–Trinajstić information content (AvgIpc) is 2.63. The Kier molecular flexibility index (Phi) is 6.91. The molecule has 0 radical (unpaired) electrons. The van der Waals surface area contributed by atoms with Gasteiger partial charge in [0.2, 0.25) is 0 Å². The topological polar surface area (TPSA) is 66.8 Å². The van der Waals surface area contributed by atoms with Crippen molar-refractivity contribution >= 4 is 5.97 Å². The molecule has 0 bridgehead atoms. The van der Waals surface area contributed by atoms with Gasteiger partial charge in [0.15, 0.2) is 0 Å². The normalized spacial score (nSPS) is 40.2. The van der Waals surface area contributed by atoms with E-state index in [1.165, 1.54) is 0 Å². The zero-order valence-electron chi connectivity index (χ0n) is 19.3. The fourth-order valence-electron chi connectivity index (χ4n) is 6.09. The van der Waals surface area contributed by atoms with E-state index in [4.69, 9.17) is 4.74 Å². The molecule has 6 atom stereocenters.